The van der Waals surface area contributed by atoms with Crippen LogP contribution in [0.4, 0.5) is 11.4 Å². The van der Waals surface area contributed by atoms with Crippen molar-refractivity contribution in [1.82, 2.24) is 5.43 Å². The number of methoxy groups -OCH3 is 1. The number of nitro groups is 1. The average Bonchev–Trinajstić information content (AvgIpc) is 3.14. The van der Waals surface area contributed by atoms with E-state index in [2.05, 4.69) is 15.8 Å². The van der Waals surface area contributed by atoms with Gasteiger partial charge in [-0.05, 0) is 31.2 Å². The van der Waals surface area contributed by atoms with Crippen LogP contribution in [0.5, 0.6) is 5.75 Å². The number of benzene rings is 1. The van der Waals surface area contributed by atoms with Crippen LogP contribution in [0.15, 0.2) is 46.1 Å². The fourth-order valence-electron chi connectivity index (χ4n) is 1.97. The molecule has 0 unspecified atom stereocenters. The highest BCUT2D eigenvalue weighted by Gasteiger charge is 2.17. The quantitative estimate of drug-likeness (QED) is 0.442. The maximum atomic E-state index is 12.0. The van der Waals surface area contributed by atoms with E-state index < -0.39 is 16.7 Å². The van der Waals surface area contributed by atoms with E-state index in [0.717, 1.165) is 0 Å². The molecule has 0 saturated carbocycles. The highest BCUT2D eigenvalue weighted by Crippen LogP contribution is 2.28. The van der Waals surface area contributed by atoms with Crippen LogP contribution < -0.4 is 15.5 Å². The Kier molecular flexibility index (Phi) is 6.04. The lowest BCUT2D eigenvalue weighted by Crippen LogP contribution is -2.21. The van der Waals surface area contributed by atoms with Gasteiger partial charge >= 0.3 is 5.91 Å². The van der Waals surface area contributed by atoms with E-state index in [1.807, 2.05) is 0 Å². The number of hydrogen-bond donors (Lipinski definition) is 2. The van der Waals surface area contributed by atoms with Gasteiger partial charge in [0, 0.05) is 5.71 Å². The SMILES string of the molecule is COc1ccc(NC(=O)CC(C)=NNC(=O)c2ccco2)c([N+](=O)[O-])c1. The number of nitrogens with one attached hydrogen (secondary N) is 2. The summed E-state index contributed by atoms with van der Waals surface area (Å²) in [6, 6.07) is 7.10. The third-order valence-electron chi connectivity index (χ3n) is 3.19. The van der Waals surface area contributed by atoms with Gasteiger partial charge in [0.2, 0.25) is 5.91 Å². The second kappa shape index (κ2) is 8.42. The topological polar surface area (TPSA) is 136 Å². The third kappa shape index (κ3) is 4.90. The average molecular weight is 360 g/mol. The van der Waals surface area contributed by atoms with Crippen LogP contribution in [-0.2, 0) is 4.79 Å². The number of carbonyl (C=O) groups excluding carboxylic acids is 2. The van der Waals surface area contributed by atoms with Crippen LogP contribution in [-0.4, -0.2) is 29.6 Å². The summed E-state index contributed by atoms with van der Waals surface area (Å²) in [6.45, 7) is 1.53. The molecule has 0 aliphatic rings. The summed E-state index contributed by atoms with van der Waals surface area (Å²) in [4.78, 5) is 34.2. The van der Waals surface area contributed by atoms with Crippen molar-refractivity contribution < 1.29 is 23.7 Å². The lowest BCUT2D eigenvalue weighted by atomic mass is 10.2. The molecule has 1 aromatic carbocycles. The molecule has 2 N–H and O–H groups in total. The molecule has 1 aromatic heterocycles. The Labute approximate surface area is 148 Å². The number of carbonyl (C=O) groups is 2. The van der Waals surface area contributed by atoms with Gasteiger partial charge < -0.3 is 14.5 Å². The Bertz CT molecular complexity index is 844. The van der Waals surface area contributed by atoms with Gasteiger partial charge in [0.05, 0.1) is 30.8 Å². The predicted molar refractivity (Wildman–Crippen MR) is 92.2 cm³/mol. The van der Waals surface area contributed by atoms with E-state index in [0.29, 0.717) is 11.5 Å². The monoisotopic (exact) mass is 360 g/mol. The third-order valence-corrected chi connectivity index (χ3v) is 3.19. The molecule has 0 saturated heterocycles. The molecule has 10 nitrogen and oxygen atoms in total. The van der Waals surface area contributed by atoms with Gasteiger partial charge in [-0.2, -0.15) is 5.10 Å². The lowest BCUT2D eigenvalue weighted by Gasteiger charge is -2.07. The van der Waals surface area contributed by atoms with E-state index in [1.54, 1.807) is 6.07 Å². The number of rotatable bonds is 7. The van der Waals surface area contributed by atoms with Gasteiger partial charge in [-0.25, -0.2) is 5.43 Å². The van der Waals surface area contributed by atoms with Gasteiger partial charge in [-0.15, -0.1) is 0 Å². The van der Waals surface area contributed by atoms with Crippen LogP contribution >= 0.6 is 0 Å². The molecule has 0 spiro atoms. The van der Waals surface area contributed by atoms with Gasteiger partial charge in [0.15, 0.2) is 5.76 Å². The van der Waals surface area contributed by atoms with Crippen molar-refractivity contribution in [3.63, 3.8) is 0 Å². The molecule has 10 heteroatoms. The number of nitrogens with zero attached hydrogens (tertiary/aromatic N) is 2. The number of amides is 2. The number of furan rings is 1. The molecule has 0 aliphatic heterocycles. The standard InChI is InChI=1S/C16H16N4O6/c1-10(18-19-16(22)14-4-3-7-26-14)8-15(21)17-12-6-5-11(25-2)9-13(12)20(23)24/h3-7,9H,8H2,1-2H3,(H,17,21)(H,19,22). The molecule has 136 valence electrons. The number of ether oxygens (including phenoxy) is 1. The molecule has 0 bridgehead atoms. The number of nitro benzene ring substituents is 1. The van der Waals surface area contributed by atoms with Crippen LogP contribution in [0.2, 0.25) is 0 Å². The summed E-state index contributed by atoms with van der Waals surface area (Å²) < 4.78 is 9.84. The molecule has 0 aliphatic carbocycles. The Hall–Kier alpha value is -3.69. The summed E-state index contributed by atoms with van der Waals surface area (Å²) in [5, 5.41) is 17.3. The van der Waals surface area contributed by atoms with Crippen molar-refractivity contribution in [2.45, 2.75) is 13.3 Å². The molecular formula is C16H16N4O6. The van der Waals surface area contributed by atoms with Gasteiger partial charge in [-0.1, -0.05) is 0 Å². The zero-order chi connectivity index (χ0) is 19.1. The van der Waals surface area contributed by atoms with Gasteiger partial charge in [0.1, 0.15) is 11.4 Å². The Morgan fingerprint density at radius 1 is 1.35 bits per heavy atom. The summed E-state index contributed by atoms with van der Waals surface area (Å²) in [7, 11) is 1.38. The Morgan fingerprint density at radius 2 is 2.12 bits per heavy atom. The minimum absolute atomic E-state index is 0.0354. The zero-order valence-electron chi connectivity index (χ0n) is 14.0. The number of hydrazone groups is 1. The number of hydrogen-bond acceptors (Lipinski definition) is 7. The molecule has 0 atom stereocenters. The zero-order valence-corrected chi connectivity index (χ0v) is 14.0. The summed E-state index contributed by atoms with van der Waals surface area (Å²) >= 11 is 0. The van der Waals surface area contributed by atoms with Gasteiger partial charge in [0.25, 0.3) is 5.69 Å². The van der Waals surface area contributed by atoms with E-state index in [9.17, 15) is 19.7 Å². The van der Waals surface area contributed by atoms with E-state index >= 15 is 0 Å². The smallest absolute Gasteiger partial charge is 0.307 e. The maximum Gasteiger partial charge on any atom is 0.307 e. The molecule has 26 heavy (non-hydrogen) atoms. The van der Waals surface area contributed by atoms with Crippen LogP contribution in [0, 0.1) is 10.1 Å². The first-order valence-electron chi connectivity index (χ1n) is 7.40. The first kappa shape index (κ1) is 18.6. The van der Waals surface area contributed by atoms with Gasteiger partial charge in [-0.3, -0.25) is 19.7 Å². The van der Waals surface area contributed by atoms with E-state index in [-0.39, 0.29) is 23.6 Å². The number of anilines is 1. The fraction of sp³-hybridized carbons (Fsp3) is 0.188. The maximum absolute atomic E-state index is 12.0. The van der Waals surface area contributed by atoms with Crippen molar-refractivity contribution in [2.24, 2.45) is 5.10 Å². The summed E-state index contributed by atoms with van der Waals surface area (Å²) in [5.41, 5.74) is 2.30. The van der Waals surface area contributed by atoms with Crippen molar-refractivity contribution in [3.8, 4) is 5.75 Å². The molecule has 0 radical (unpaired) electrons. The second-order valence-electron chi connectivity index (χ2n) is 5.13. The molecular weight excluding hydrogens is 344 g/mol. The largest absolute Gasteiger partial charge is 0.496 e. The molecule has 0 fully saturated rings. The minimum atomic E-state index is -0.622. The van der Waals surface area contributed by atoms with Crippen LogP contribution in [0.1, 0.15) is 23.9 Å². The minimum Gasteiger partial charge on any atom is -0.496 e. The highest BCUT2D eigenvalue weighted by molar-refractivity contribution is 6.06. The van der Waals surface area contributed by atoms with Crippen molar-refractivity contribution in [3.05, 3.63) is 52.5 Å². The lowest BCUT2D eigenvalue weighted by molar-refractivity contribution is -0.384. The van der Waals surface area contributed by atoms with Crippen molar-refractivity contribution in [1.29, 1.82) is 0 Å². The molecule has 1 heterocycles. The van der Waals surface area contributed by atoms with Crippen molar-refractivity contribution in [2.75, 3.05) is 12.4 Å². The second-order valence-corrected chi connectivity index (χ2v) is 5.13. The molecule has 2 amide bonds. The molecule has 2 aromatic rings. The van der Waals surface area contributed by atoms with E-state index in [1.165, 1.54) is 44.6 Å². The molecule has 2 rings (SSSR count). The van der Waals surface area contributed by atoms with Crippen LogP contribution in [0.25, 0.3) is 0 Å². The first-order chi connectivity index (χ1) is 12.4. The summed E-state index contributed by atoms with van der Waals surface area (Å²) in [6.07, 6.45) is 1.18. The first-order valence-corrected chi connectivity index (χ1v) is 7.40. The predicted octanol–water partition coefficient (Wildman–Crippen LogP) is 2.33. The Morgan fingerprint density at radius 3 is 2.73 bits per heavy atom. The normalized spacial score (nSPS) is 10.9. The Balaban J connectivity index is 1.98. The van der Waals surface area contributed by atoms with Crippen molar-refractivity contribution >= 4 is 28.9 Å². The van der Waals surface area contributed by atoms with Crippen LogP contribution in [0.3, 0.4) is 0 Å². The fourth-order valence-corrected chi connectivity index (χ4v) is 1.97. The summed E-state index contributed by atoms with van der Waals surface area (Å²) in [5.74, 6) is -0.694. The van der Waals surface area contributed by atoms with E-state index in [4.69, 9.17) is 9.15 Å². The highest BCUT2D eigenvalue weighted by atomic mass is 16.6.